The lowest BCUT2D eigenvalue weighted by molar-refractivity contribution is 0.0827. The van der Waals surface area contributed by atoms with Gasteiger partial charge in [-0.1, -0.05) is 32.0 Å². The first kappa shape index (κ1) is 20.4. The van der Waals surface area contributed by atoms with Crippen molar-refractivity contribution in [3.05, 3.63) is 70.8 Å². The largest absolute Gasteiger partial charge is 0.493 e. The van der Waals surface area contributed by atoms with E-state index < -0.39 is 0 Å². The Kier molecular flexibility index (Phi) is 7.35. The van der Waals surface area contributed by atoms with Crippen LogP contribution in [-0.4, -0.2) is 37.3 Å². The lowest BCUT2D eigenvalue weighted by Gasteiger charge is -2.10. The average Bonchev–Trinajstić information content (AvgIpc) is 2.70. The van der Waals surface area contributed by atoms with Crippen LogP contribution in [-0.2, 0) is 6.42 Å². The van der Waals surface area contributed by atoms with Crippen LogP contribution in [0, 0.1) is 0 Å². The SMILES string of the molecule is CCCOc1ccc(CC)cc1C=CC(=O)c1ccc(C(=O)N(C)C)cc1. The predicted molar refractivity (Wildman–Crippen MR) is 109 cm³/mol. The normalized spacial score (nSPS) is 10.8. The number of nitrogens with zero attached hydrogens (tertiary/aromatic N) is 1. The lowest BCUT2D eigenvalue weighted by Crippen LogP contribution is -2.21. The molecule has 0 N–H and O–H groups in total. The van der Waals surface area contributed by atoms with Crippen LogP contribution in [0.15, 0.2) is 48.5 Å². The van der Waals surface area contributed by atoms with Crippen molar-refractivity contribution in [3.8, 4) is 5.75 Å². The highest BCUT2D eigenvalue weighted by Gasteiger charge is 2.09. The molecule has 0 aromatic heterocycles. The van der Waals surface area contributed by atoms with E-state index in [0.717, 1.165) is 24.2 Å². The monoisotopic (exact) mass is 365 g/mol. The van der Waals surface area contributed by atoms with Crippen LogP contribution >= 0.6 is 0 Å². The zero-order chi connectivity index (χ0) is 19.8. The van der Waals surface area contributed by atoms with Gasteiger partial charge in [-0.15, -0.1) is 0 Å². The number of allylic oxidation sites excluding steroid dienone is 1. The third-order valence-electron chi connectivity index (χ3n) is 4.18. The summed E-state index contributed by atoms with van der Waals surface area (Å²) >= 11 is 0. The van der Waals surface area contributed by atoms with E-state index in [4.69, 9.17) is 4.74 Å². The van der Waals surface area contributed by atoms with E-state index in [-0.39, 0.29) is 11.7 Å². The summed E-state index contributed by atoms with van der Waals surface area (Å²) in [6, 6.07) is 12.8. The van der Waals surface area contributed by atoms with Gasteiger partial charge in [0.25, 0.3) is 5.91 Å². The number of carbonyl (C=O) groups is 2. The molecule has 0 unspecified atom stereocenters. The van der Waals surface area contributed by atoms with Crippen LogP contribution in [0.2, 0.25) is 0 Å². The molecular weight excluding hydrogens is 338 g/mol. The molecule has 0 saturated carbocycles. The zero-order valence-corrected chi connectivity index (χ0v) is 16.5. The molecule has 4 nitrogen and oxygen atoms in total. The first-order chi connectivity index (χ1) is 13.0. The fourth-order valence-electron chi connectivity index (χ4n) is 2.59. The van der Waals surface area contributed by atoms with Crippen molar-refractivity contribution >= 4 is 17.8 Å². The standard InChI is InChI=1S/C23H27NO3/c1-5-15-27-22-14-7-17(6-2)16-20(22)12-13-21(25)18-8-10-19(11-9-18)23(26)24(3)4/h7-14,16H,5-6,15H2,1-4H3. The lowest BCUT2D eigenvalue weighted by atomic mass is 10.0. The summed E-state index contributed by atoms with van der Waals surface area (Å²) in [5, 5.41) is 0. The second kappa shape index (κ2) is 9.72. The van der Waals surface area contributed by atoms with Crippen molar-refractivity contribution in [1.82, 2.24) is 4.90 Å². The molecule has 0 atom stereocenters. The molecule has 4 heteroatoms. The average molecular weight is 365 g/mol. The Morgan fingerprint density at radius 3 is 2.26 bits per heavy atom. The maximum Gasteiger partial charge on any atom is 0.253 e. The predicted octanol–water partition coefficient (Wildman–Crippen LogP) is 4.64. The van der Waals surface area contributed by atoms with Crippen molar-refractivity contribution in [1.29, 1.82) is 0 Å². The molecule has 0 spiro atoms. The van der Waals surface area contributed by atoms with Gasteiger partial charge in [0.2, 0.25) is 0 Å². The summed E-state index contributed by atoms with van der Waals surface area (Å²) in [5.74, 6) is 0.589. The molecule has 2 aromatic rings. The number of hydrogen-bond acceptors (Lipinski definition) is 3. The van der Waals surface area contributed by atoms with Crippen LogP contribution in [0.1, 0.15) is 52.1 Å². The summed E-state index contributed by atoms with van der Waals surface area (Å²) < 4.78 is 5.78. The molecule has 0 aliphatic carbocycles. The van der Waals surface area contributed by atoms with Gasteiger partial charge in [0.05, 0.1) is 6.61 Å². The van der Waals surface area contributed by atoms with E-state index in [1.807, 2.05) is 18.2 Å². The number of amides is 1. The third kappa shape index (κ3) is 5.55. The zero-order valence-electron chi connectivity index (χ0n) is 16.5. The molecule has 27 heavy (non-hydrogen) atoms. The smallest absolute Gasteiger partial charge is 0.253 e. The van der Waals surface area contributed by atoms with E-state index in [2.05, 4.69) is 13.8 Å². The van der Waals surface area contributed by atoms with E-state index in [0.29, 0.717) is 17.7 Å². The quantitative estimate of drug-likeness (QED) is 0.506. The van der Waals surface area contributed by atoms with E-state index >= 15 is 0 Å². The summed E-state index contributed by atoms with van der Waals surface area (Å²) in [5.41, 5.74) is 3.20. The Morgan fingerprint density at radius 1 is 1.00 bits per heavy atom. The van der Waals surface area contributed by atoms with Crippen molar-refractivity contribution in [2.45, 2.75) is 26.7 Å². The highest BCUT2D eigenvalue weighted by atomic mass is 16.5. The summed E-state index contributed by atoms with van der Waals surface area (Å²) in [7, 11) is 3.40. The molecule has 0 radical (unpaired) electrons. The van der Waals surface area contributed by atoms with E-state index in [1.165, 1.54) is 10.5 Å². The van der Waals surface area contributed by atoms with Crippen molar-refractivity contribution in [2.24, 2.45) is 0 Å². The van der Waals surface area contributed by atoms with Gasteiger partial charge < -0.3 is 9.64 Å². The number of ketones is 1. The number of carbonyl (C=O) groups excluding carboxylic acids is 2. The molecule has 2 rings (SSSR count). The minimum Gasteiger partial charge on any atom is -0.493 e. The molecule has 0 saturated heterocycles. The second-order valence-corrected chi connectivity index (χ2v) is 6.55. The number of benzene rings is 2. The molecule has 0 bridgehead atoms. The summed E-state index contributed by atoms with van der Waals surface area (Å²) in [6.45, 7) is 4.79. The minimum atomic E-state index is -0.109. The summed E-state index contributed by atoms with van der Waals surface area (Å²) in [4.78, 5) is 25.9. The van der Waals surface area contributed by atoms with Crippen LogP contribution in [0.5, 0.6) is 5.75 Å². The second-order valence-electron chi connectivity index (χ2n) is 6.55. The van der Waals surface area contributed by atoms with Gasteiger partial charge in [-0.2, -0.15) is 0 Å². The molecule has 0 fully saturated rings. The Balaban J connectivity index is 2.19. The van der Waals surface area contributed by atoms with Gasteiger partial charge >= 0.3 is 0 Å². The fourth-order valence-corrected chi connectivity index (χ4v) is 2.59. The maximum absolute atomic E-state index is 12.5. The fraction of sp³-hybridized carbons (Fsp3) is 0.304. The van der Waals surface area contributed by atoms with Gasteiger partial charge in [-0.25, -0.2) is 0 Å². The molecule has 142 valence electrons. The van der Waals surface area contributed by atoms with Gasteiger partial charge in [0.15, 0.2) is 5.78 Å². The van der Waals surface area contributed by atoms with Crippen LogP contribution in [0.3, 0.4) is 0 Å². The van der Waals surface area contributed by atoms with E-state index in [9.17, 15) is 9.59 Å². The molecular formula is C23H27NO3. The Hall–Kier alpha value is -2.88. The molecule has 0 aliphatic rings. The number of aryl methyl sites for hydroxylation is 1. The molecule has 1 amide bonds. The molecule has 0 aliphatic heterocycles. The maximum atomic E-state index is 12.5. The van der Waals surface area contributed by atoms with Gasteiger partial charge in [-0.05, 0) is 54.8 Å². The minimum absolute atomic E-state index is 0.0846. The van der Waals surface area contributed by atoms with Crippen LogP contribution in [0.4, 0.5) is 0 Å². The number of hydrogen-bond donors (Lipinski definition) is 0. The van der Waals surface area contributed by atoms with Crippen molar-refractivity contribution in [2.75, 3.05) is 20.7 Å². The first-order valence-corrected chi connectivity index (χ1v) is 9.26. The summed E-state index contributed by atoms with van der Waals surface area (Å²) in [6.07, 6.45) is 5.20. The third-order valence-corrected chi connectivity index (χ3v) is 4.18. The highest BCUT2D eigenvalue weighted by Crippen LogP contribution is 2.23. The van der Waals surface area contributed by atoms with Gasteiger partial charge in [0.1, 0.15) is 5.75 Å². The topological polar surface area (TPSA) is 46.6 Å². The number of ether oxygens (including phenoxy) is 1. The van der Waals surface area contributed by atoms with E-state index in [1.54, 1.807) is 50.5 Å². The van der Waals surface area contributed by atoms with Crippen molar-refractivity contribution < 1.29 is 14.3 Å². The Bertz CT molecular complexity index is 820. The Labute approximate surface area is 161 Å². The van der Waals surface area contributed by atoms with Crippen molar-refractivity contribution in [3.63, 3.8) is 0 Å². The van der Waals surface area contributed by atoms with Crippen LogP contribution < -0.4 is 4.74 Å². The molecule has 0 heterocycles. The van der Waals surface area contributed by atoms with Crippen LogP contribution in [0.25, 0.3) is 6.08 Å². The first-order valence-electron chi connectivity index (χ1n) is 9.26. The van der Waals surface area contributed by atoms with Gasteiger partial charge in [0, 0.05) is 30.8 Å². The Morgan fingerprint density at radius 2 is 1.67 bits per heavy atom. The van der Waals surface area contributed by atoms with Gasteiger partial charge in [-0.3, -0.25) is 9.59 Å². The molecule has 2 aromatic carbocycles. The highest BCUT2D eigenvalue weighted by molar-refractivity contribution is 6.07. The number of rotatable bonds is 8.